The summed E-state index contributed by atoms with van der Waals surface area (Å²) in [4.78, 5) is 6.87. The summed E-state index contributed by atoms with van der Waals surface area (Å²) in [7, 11) is 1.80. The van der Waals surface area contributed by atoms with Gasteiger partial charge in [0.2, 0.25) is 0 Å². The minimum atomic E-state index is 0. The van der Waals surface area contributed by atoms with Crippen molar-refractivity contribution in [3.8, 4) is 6.07 Å². The van der Waals surface area contributed by atoms with Gasteiger partial charge in [-0.15, -0.1) is 24.0 Å². The van der Waals surface area contributed by atoms with Crippen molar-refractivity contribution in [2.45, 2.75) is 32.0 Å². The lowest BCUT2D eigenvalue weighted by Gasteiger charge is -2.34. The number of halogens is 1. The van der Waals surface area contributed by atoms with Crippen molar-refractivity contribution in [3.63, 3.8) is 0 Å². The summed E-state index contributed by atoms with van der Waals surface area (Å²) >= 11 is 0. The van der Waals surface area contributed by atoms with E-state index in [1.807, 2.05) is 24.3 Å². The monoisotopic (exact) mass is 489 g/mol. The van der Waals surface area contributed by atoms with E-state index < -0.39 is 0 Å². The van der Waals surface area contributed by atoms with E-state index in [2.05, 4.69) is 56.9 Å². The Labute approximate surface area is 184 Å². The highest BCUT2D eigenvalue weighted by atomic mass is 127. The summed E-state index contributed by atoms with van der Waals surface area (Å²) < 4.78 is 0. The zero-order valence-electron chi connectivity index (χ0n) is 16.3. The first kappa shape index (κ1) is 22.2. The van der Waals surface area contributed by atoms with Gasteiger partial charge in [-0.2, -0.15) is 5.26 Å². The van der Waals surface area contributed by atoms with E-state index >= 15 is 0 Å². The van der Waals surface area contributed by atoms with E-state index in [1.54, 1.807) is 7.05 Å². The Morgan fingerprint density at radius 1 is 1.14 bits per heavy atom. The molecule has 5 nitrogen and oxygen atoms in total. The van der Waals surface area contributed by atoms with E-state index in [0.29, 0.717) is 18.2 Å². The van der Waals surface area contributed by atoms with Crippen LogP contribution < -0.4 is 10.6 Å². The molecule has 0 spiro atoms. The smallest absolute Gasteiger partial charge is 0.191 e. The van der Waals surface area contributed by atoms with Gasteiger partial charge in [0.1, 0.15) is 0 Å². The molecule has 0 saturated carbocycles. The first-order valence-corrected chi connectivity index (χ1v) is 9.49. The molecule has 1 atom stereocenters. The SMILES string of the molecule is CN=C(NCc1ccc(C#N)cc1)NC1CCCN(Cc2ccccc2)C1.I. The fourth-order valence-corrected chi connectivity index (χ4v) is 3.43. The van der Waals surface area contributed by atoms with Crippen molar-refractivity contribution in [1.29, 1.82) is 5.26 Å². The minimum Gasteiger partial charge on any atom is -0.352 e. The third kappa shape index (κ3) is 6.80. The summed E-state index contributed by atoms with van der Waals surface area (Å²) in [5, 5.41) is 15.8. The number of guanidine groups is 1. The predicted molar refractivity (Wildman–Crippen MR) is 125 cm³/mol. The molecule has 2 aromatic carbocycles. The molecule has 148 valence electrons. The molecule has 2 N–H and O–H groups in total. The van der Waals surface area contributed by atoms with Gasteiger partial charge in [-0.3, -0.25) is 9.89 Å². The summed E-state index contributed by atoms with van der Waals surface area (Å²) in [6, 6.07) is 20.8. The lowest BCUT2D eigenvalue weighted by molar-refractivity contribution is 0.192. The number of nitriles is 1. The van der Waals surface area contributed by atoms with Gasteiger partial charge in [0.25, 0.3) is 0 Å². The maximum absolute atomic E-state index is 8.88. The molecule has 1 aliphatic heterocycles. The van der Waals surface area contributed by atoms with Gasteiger partial charge >= 0.3 is 0 Å². The number of hydrogen-bond donors (Lipinski definition) is 2. The number of aliphatic imine (C=N–C) groups is 1. The molecule has 0 radical (unpaired) electrons. The molecule has 1 saturated heterocycles. The predicted octanol–water partition coefficient (Wildman–Crippen LogP) is 3.51. The van der Waals surface area contributed by atoms with E-state index in [1.165, 1.54) is 12.0 Å². The average molecular weight is 489 g/mol. The Bertz CT molecular complexity index is 783. The number of piperidine rings is 1. The third-order valence-corrected chi connectivity index (χ3v) is 4.86. The average Bonchev–Trinajstić information content (AvgIpc) is 2.72. The first-order chi connectivity index (χ1) is 13.3. The van der Waals surface area contributed by atoms with E-state index in [-0.39, 0.29) is 24.0 Å². The van der Waals surface area contributed by atoms with Crippen molar-refractivity contribution in [3.05, 3.63) is 71.3 Å². The zero-order valence-corrected chi connectivity index (χ0v) is 18.6. The Morgan fingerprint density at radius 2 is 1.89 bits per heavy atom. The Morgan fingerprint density at radius 3 is 2.57 bits per heavy atom. The van der Waals surface area contributed by atoms with Crippen LogP contribution in [0.3, 0.4) is 0 Å². The Kier molecular flexibility index (Phi) is 9.24. The molecule has 1 aliphatic rings. The second-order valence-electron chi connectivity index (χ2n) is 6.94. The lowest BCUT2D eigenvalue weighted by atomic mass is 10.0. The van der Waals surface area contributed by atoms with Gasteiger partial charge in [-0.25, -0.2) is 0 Å². The fraction of sp³-hybridized carbons (Fsp3) is 0.364. The minimum absolute atomic E-state index is 0. The second kappa shape index (κ2) is 11.7. The van der Waals surface area contributed by atoms with Gasteiger partial charge in [0.15, 0.2) is 5.96 Å². The molecular weight excluding hydrogens is 461 g/mol. The molecule has 1 fully saturated rings. The van der Waals surface area contributed by atoms with Crippen LogP contribution in [0.2, 0.25) is 0 Å². The Balaban J connectivity index is 0.00000280. The number of benzene rings is 2. The number of nitrogens with one attached hydrogen (secondary N) is 2. The van der Waals surface area contributed by atoms with Gasteiger partial charge < -0.3 is 10.6 Å². The molecule has 0 aromatic heterocycles. The van der Waals surface area contributed by atoms with Crippen LogP contribution in [0, 0.1) is 11.3 Å². The highest BCUT2D eigenvalue weighted by molar-refractivity contribution is 14.0. The first-order valence-electron chi connectivity index (χ1n) is 9.49. The molecule has 1 unspecified atom stereocenters. The summed E-state index contributed by atoms with van der Waals surface area (Å²) in [5.74, 6) is 0.825. The van der Waals surface area contributed by atoms with Crippen LogP contribution >= 0.6 is 24.0 Å². The highest BCUT2D eigenvalue weighted by Crippen LogP contribution is 2.13. The molecule has 0 bridgehead atoms. The highest BCUT2D eigenvalue weighted by Gasteiger charge is 2.20. The van der Waals surface area contributed by atoms with Crippen molar-refractivity contribution in [2.24, 2.45) is 4.99 Å². The Hall–Kier alpha value is -2.11. The zero-order chi connectivity index (χ0) is 18.9. The fourth-order valence-electron chi connectivity index (χ4n) is 3.43. The lowest BCUT2D eigenvalue weighted by Crippen LogP contribution is -2.50. The molecule has 1 heterocycles. The number of likely N-dealkylation sites (tertiary alicyclic amines) is 1. The molecule has 3 rings (SSSR count). The number of rotatable bonds is 5. The molecule has 0 aliphatic carbocycles. The quantitative estimate of drug-likeness (QED) is 0.384. The van der Waals surface area contributed by atoms with Crippen LogP contribution in [0.4, 0.5) is 0 Å². The van der Waals surface area contributed by atoms with Crippen LogP contribution in [0.1, 0.15) is 29.5 Å². The van der Waals surface area contributed by atoms with E-state index in [9.17, 15) is 0 Å². The number of nitrogens with zero attached hydrogens (tertiary/aromatic N) is 3. The number of hydrogen-bond acceptors (Lipinski definition) is 3. The second-order valence-corrected chi connectivity index (χ2v) is 6.94. The van der Waals surface area contributed by atoms with Gasteiger partial charge in [-0.1, -0.05) is 42.5 Å². The van der Waals surface area contributed by atoms with E-state index in [0.717, 1.165) is 37.6 Å². The molecule has 6 heteroatoms. The van der Waals surface area contributed by atoms with Gasteiger partial charge in [0.05, 0.1) is 11.6 Å². The third-order valence-electron chi connectivity index (χ3n) is 4.86. The molecule has 28 heavy (non-hydrogen) atoms. The van der Waals surface area contributed by atoms with Crippen LogP contribution in [-0.4, -0.2) is 37.0 Å². The summed E-state index contributed by atoms with van der Waals surface area (Å²) in [6.45, 7) is 3.85. The standard InChI is InChI=1S/C22H27N5.HI/c1-24-22(25-15-19-11-9-18(14-23)10-12-19)26-21-8-5-13-27(17-21)16-20-6-3-2-4-7-20;/h2-4,6-7,9-12,21H,5,8,13,15-17H2,1H3,(H2,24,25,26);1H. The van der Waals surface area contributed by atoms with Crippen molar-refractivity contribution in [2.75, 3.05) is 20.1 Å². The summed E-state index contributed by atoms with van der Waals surface area (Å²) in [5.41, 5.74) is 3.18. The normalized spacial score (nSPS) is 17.3. The van der Waals surface area contributed by atoms with Crippen molar-refractivity contribution >= 4 is 29.9 Å². The van der Waals surface area contributed by atoms with Crippen LogP contribution in [0.15, 0.2) is 59.6 Å². The van der Waals surface area contributed by atoms with Crippen LogP contribution in [0.25, 0.3) is 0 Å². The van der Waals surface area contributed by atoms with Gasteiger partial charge in [-0.05, 0) is 42.6 Å². The maximum atomic E-state index is 8.88. The van der Waals surface area contributed by atoms with Crippen molar-refractivity contribution in [1.82, 2.24) is 15.5 Å². The topological polar surface area (TPSA) is 63.5 Å². The maximum Gasteiger partial charge on any atom is 0.191 e. The largest absolute Gasteiger partial charge is 0.352 e. The molecule has 0 amide bonds. The van der Waals surface area contributed by atoms with E-state index in [4.69, 9.17) is 5.26 Å². The van der Waals surface area contributed by atoms with Crippen molar-refractivity contribution < 1.29 is 0 Å². The van der Waals surface area contributed by atoms with Gasteiger partial charge in [0, 0.05) is 32.7 Å². The van der Waals surface area contributed by atoms with Crippen LogP contribution in [-0.2, 0) is 13.1 Å². The molecule has 2 aromatic rings. The summed E-state index contributed by atoms with van der Waals surface area (Å²) in [6.07, 6.45) is 2.35. The van der Waals surface area contributed by atoms with Crippen LogP contribution in [0.5, 0.6) is 0 Å². The molecular formula is C22H28IN5.